The van der Waals surface area contributed by atoms with Crippen molar-refractivity contribution in [2.75, 3.05) is 0 Å². The number of aromatic nitrogens is 1. The van der Waals surface area contributed by atoms with Crippen molar-refractivity contribution in [2.45, 2.75) is 5.92 Å². The summed E-state index contributed by atoms with van der Waals surface area (Å²) in [4.78, 5) is 0. The molecule has 9 heteroatoms. The highest BCUT2D eigenvalue weighted by molar-refractivity contribution is 7.02. The van der Waals surface area contributed by atoms with E-state index in [1.807, 2.05) is 0 Å². The second kappa shape index (κ2) is 24.2. The summed E-state index contributed by atoms with van der Waals surface area (Å²) < 4.78 is 32.0. The van der Waals surface area contributed by atoms with Crippen LogP contribution >= 0.6 is 0 Å². The normalized spacial score (nSPS) is 13.3. The van der Waals surface area contributed by atoms with Gasteiger partial charge in [-0.3, -0.25) is 0 Å². The standard InChI is InChI=1S/C97H61B4NO4/c1-3-27-61(28-4-1)65-31-11-15-39-74(65)100-79-43-19-24-48-87(79)103-90-57-55-82-96(94(90)100)105-89-50-26-18-42-78(89)99(82)76-53-51-63(59-73(76)62-29-5-2-6-30-62)64-52-54-81-92(60-64)106-97-83(98(81)75-40-16-12-38-72(75)93-70-36-9-7-32-66(70)67-33-8-10-37-71(67)93)56-58-91-95(97)101(80-44-20-25-49-88(80)104-91)77-41-17-23-47-86(77)102-84-45-21-13-34-68(84)69-35-14-22-46-85(69)102/h1-60,93H. The van der Waals surface area contributed by atoms with Gasteiger partial charge in [0, 0.05) is 33.3 Å². The molecule has 1 aromatic heterocycles. The van der Waals surface area contributed by atoms with Crippen molar-refractivity contribution in [2.24, 2.45) is 0 Å². The first-order valence-electron chi connectivity index (χ1n) is 36.8. The Morgan fingerprint density at radius 1 is 0.217 bits per heavy atom. The van der Waals surface area contributed by atoms with Crippen molar-refractivity contribution in [1.29, 1.82) is 0 Å². The minimum absolute atomic E-state index is 0.00543. The first kappa shape index (κ1) is 60.4. The SMILES string of the molecule is c1ccc(-c2cc(-c3ccc4c(c3)Oc3c(ccc5c3B(c3ccccc3-n3c6ccccc6c6ccccc63)c3ccccc3O5)B4c3ccccc3C3c4ccccc4-c4ccccc43)ccc2B2c3ccccc3Oc3c2ccc2c3B(c3ccccc3-c3ccccc3)c3ccccc3O2)cc1. The number of hydrogen-bond donors (Lipinski definition) is 0. The monoisotopic (exact) mass is 1350 g/mol. The Balaban J connectivity index is 0.740. The van der Waals surface area contributed by atoms with Crippen LogP contribution in [0.25, 0.3) is 72.0 Å². The van der Waals surface area contributed by atoms with E-state index in [4.69, 9.17) is 18.9 Å². The molecule has 0 saturated heterocycles. The minimum atomic E-state index is -0.313. The Morgan fingerprint density at radius 3 is 1.21 bits per heavy atom. The lowest BCUT2D eigenvalue weighted by Crippen LogP contribution is -2.61. The number of rotatable bonds is 9. The van der Waals surface area contributed by atoms with Gasteiger partial charge < -0.3 is 23.5 Å². The van der Waals surface area contributed by atoms with Crippen molar-refractivity contribution in [3.63, 3.8) is 0 Å². The highest BCUT2D eigenvalue weighted by Crippen LogP contribution is 2.48. The van der Waals surface area contributed by atoms with E-state index in [-0.39, 0.29) is 32.8 Å². The number of hydrogen-bond acceptors (Lipinski definition) is 4. The van der Waals surface area contributed by atoms with Crippen molar-refractivity contribution in [3.8, 4) is 96.2 Å². The molecule has 5 nitrogen and oxygen atoms in total. The predicted octanol–water partition coefficient (Wildman–Crippen LogP) is 15.4. The zero-order valence-electron chi connectivity index (χ0n) is 57.6. The van der Waals surface area contributed by atoms with E-state index in [0.717, 1.165) is 140 Å². The van der Waals surface area contributed by atoms with Crippen LogP contribution in [0.2, 0.25) is 0 Å². The van der Waals surface area contributed by atoms with E-state index in [2.05, 4.69) is 369 Å². The second-order valence-electron chi connectivity index (χ2n) is 28.6. The fraction of sp³-hybridized carbons (Fsp3) is 0.0103. The number of ether oxygens (including phenoxy) is 4. The van der Waals surface area contributed by atoms with Gasteiger partial charge in [0.05, 0.1) is 11.0 Å². The van der Waals surface area contributed by atoms with Crippen LogP contribution < -0.4 is 84.5 Å². The molecule has 0 N–H and O–H groups in total. The average molecular weight is 1350 g/mol. The van der Waals surface area contributed by atoms with E-state index in [1.54, 1.807) is 0 Å². The lowest BCUT2D eigenvalue weighted by atomic mass is 9.31. The largest absolute Gasteiger partial charge is 0.459 e. The maximum atomic E-state index is 7.95. The van der Waals surface area contributed by atoms with Gasteiger partial charge in [0.25, 0.3) is 26.9 Å². The number of para-hydroxylation sites is 6. The molecule has 0 unspecified atom stereocenters. The number of fused-ring (bicyclic) bond motifs is 16. The third-order valence-corrected chi connectivity index (χ3v) is 23.1. The van der Waals surface area contributed by atoms with Gasteiger partial charge in [-0.15, -0.1) is 0 Å². The molecule has 1 aliphatic carbocycles. The van der Waals surface area contributed by atoms with Crippen molar-refractivity contribution >= 4 is 114 Å². The molecule has 4 aliphatic heterocycles. The third-order valence-electron chi connectivity index (χ3n) is 23.1. The first-order chi connectivity index (χ1) is 52.6. The fourth-order valence-corrected chi connectivity index (χ4v) is 18.6. The molecule has 106 heavy (non-hydrogen) atoms. The van der Waals surface area contributed by atoms with Gasteiger partial charge in [-0.05, 0) is 160 Å². The Hall–Kier alpha value is -13.2. The zero-order chi connectivity index (χ0) is 69.5. The molecular weight excluding hydrogens is 1290 g/mol. The minimum Gasteiger partial charge on any atom is -0.459 e. The predicted molar refractivity (Wildman–Crippen MR) is 440 cm³/mol. The summed E-state index contributed by atoms with van der Waals surface area (Å²) in [6.07, 6.45) is 0. The van der Waals surface area contributed by atoms with Crippen LogP contribution in [0.3, 0.4) is 0 Å². The van der Waals surface area contributed by atoms with Gasteiger partial charge in [-0.2, -0.15) is 0 Å². The van der Waals surface area contributed by atoms with E-state index in [0.29, 0.717) is 0 Å². The maximum Gasteiger partial charge on any atom is 0.258 e. The molecule has 17 aromatic rings. The summed E-state index contributed by atoms with van der Waals surface area (Å²) in [5.41, 5.74) is 29.8. The van der Waals surface area contributed by atoms with Gasteiger partial charge in [-0.1, -0.05) is 320 Å². The van der Waals surface area contributed by atoms with Gasteiger partial charge in [0.15, 0.2) is 0 Å². The van der Waals surface area contributed by atoms with E-state index < -0.39 is 0 Å². The third kappa shape index (κ3) is 9.28. The summed E-state index contributed by atoms with van der Waals surface area (Å²) in [6, 6.07) is 133. The molecule has 5 heterocycles. The molecule has 0 saturated carbocycles. The Kier molecular flexibility index (Phi) is 13.8. The lowest BCUT2D eigenvalue weighted by molar-refractivity contribution is 0.468. The highest BCUT2D eigenvalue weighted by Gasteiger charge is 2.46. The fourth-order valence-electron chi connectivity index (χ4n) is 18.6. The van der Waals surface area contributed by atoms with Crippen LogP contribution in [0, 0.1) is 0 Å². The Labute approximate surface area is 616 Å². The molecular formula is C97H61B4NO4. The summed E-state index contributed by atoms with van der Waals surface area (Å²) in [6.45, 7) is -1.01. The van der Waals surface area contributed by atoms with Crippen LogP contribution in [-0.4, -0.2) is 31.4 Å². The maximum absolute atomic E-state index is 7.95. The molecule has 0 fully saturated rings. The van der Waals surface area contributed by atoms with E-state index >= 15 is 0 Å². The van der Waals surface area contributed by atoms with Gasteiger partial charge in [0.1, 0.15) is 46.0 Å². The van der Waals surface area contributed by atoms with Gasteiger partial charge in [-0.25, -0.2) is 0 Å². The van der Waals surface area contributed by atoms with E-state index in [1.165, 1.54) is 60.5 Å². The van der Waals surface area contributed by atoms with Crippen molar-refractivity contribution in [3.05, 3.63) is 381 Å². The first-order valence-corrected chi connectivity index (χ1v) is 36.8. The summed E-state index contributed by atoms with van der Waals surface area (Å²) in [5.74, 6) is 6.48. The van der Waals surface area contributed by atoms with Crippen molar-refractivity contribution in [1.82, 2.24) is 4.57 Å². The number of nitrogens with zero attached hydrogens (tertiary/aromatic N) is 1. The molecule has 0 bridgehead atoms. The topological polar surface area (TPSA) is 41.9 Å². The summed E-state index contributed by atoms with van der Waals surface area (Å²) >= 11 is 0. The summed E-state index contributed by atoms with van der Waals surface area (Å²) in [7, 11) is 0. The average Bonchev–Trinajstić information content (AvgIpc) is 1.11. The molecule has 0 radical (unpaired) electrons. The highest BCUT2D eigenvalue weighted by atomic mass is 16.5. The number of benzene rings is 16. The van der Waals surface area contributed by atoms with Crippen LogP contribution in [0.1, 0.15) is 22.6 Å². The van der Waals surface area contributed by atoms with Crippen LogP contribution in [0.4, 0.5) is 0 Å². The molecule has 16 aromatic carbocycles. The molecule has 0 spiro atoms. The molecule has 5 aliphatic rings. The molecule has 22 rings (SSSR count). The van der Waals surface area contributed by atoms with Crippen LogP contribution in [0.15, 0.2) is 364 Å². The van der Waals surface area contributed by atoms with Crippen molar-refractivity contribution < 1.29 is 18.9 Å². The molecule has 0 amide bonds. The van der Waals surface area contributed by atoms with Crippen LogP contribution in [-0.2, 0) is 0 Å². The van der Waals surface area contributed by atoms with E-state index in [9.17, 15) is 0 Å². The Bertz CT molecular complexity index is 6390. The smallest absolute Gasteiger partial charge is 0.258 e. The quantitative estimate of drug-likeness (QED) is 0.135. The second-order valence-corrected chi connectivity index (χ2v) is 28.6. The van der Waals surface area contributed by atoms with Gasteiger partial charge in [0.2, 0.25) is 0 Å². The van der Waals surface area contributed by atoms with Crippen LogP contribution in [0.5, 0.6) is 46.0 Å². The lowest BCUT2D eigenvalue weighted by Gasteiger charge is -2.35. The Morgan fingerprint density at radius 2 is 0.604 bits per heavy atom. The molecule has 0 atom stereocenters. The van der Waals surface area contributed by atoms with Gasteiger partial charge >= 0.3 is 0 Å². The summed E-state index contributed by atoms with van der Waals surface area (Å²) in [5, 5.41) is 2.42. The zero-order valence-corrected chi connectivity index (χ0v) is 57.6. The molecule has 490 valence electrons.